The molecule has 0 N–H and O–H groups in total. The minimum atomic E-state index is -0.485. The first-order valence-electron chi connectivity index (χ1n) is 12.1. The first-order valence-corrected chi connectivity index (χ1v) is 12.1. The van der Waals surface area contributed by atoms with Gasteiger partial charge in [-0.15, -0.1) is 0 Å². The zero-order chi connectivity index (χ0) is 23.5. The Morgan fingerprint density at radius 1 is 1.12 bits per heavy atom. The predicted octanol–water partition coefficient (Wildman–Crippen LogP) is 5.39. The molecule has 0 bridgehead atoms. The molecular formula is C28H30FN3O2. The molecule has 2 fully saturated rings. The molecule has 1 aliphatic carbocycles. The minimum Gasteiger partial charge on any atom is -0.497 e. The first-order chi connectivity index (χ1) is 16.6. The summed E-state index contributed by atoms with van der Waals surface area (Å²) in [6.45, 7) is 0.733. The monoisotopic (exact) mass is 459 g/mol. The first kappa shape index (κ1) is 22.5. The van der Waals surface area contributed by atoms with Crippen LogP contribution in [0.15, 0.2) is 60.9 Å². The molecular weight excluding hydrogens is 429 g/mol. The van der Waals surface area contributed by atoms with Gasteiger partial charge in [-0.05, 0) is 61.1 Å². The molecule has 1 atom stereocenters. The van der Waals surface area contributed by atoms with E-state index in [2.05, 4.69) is 4.98 Å². The number of carbonyl (C=O) groups is 1. The van der Waals surface area contributed by atoms with Crippen molar-refractivity contribution in [3.05, 3.63) is 89.3 Å². The van der Waals surface area contributed by atoms with Crippen LogP contribution >= 0.6 is 0 Å². The zero-order valence-corrected chi connectivity index (χ0v) is 19.5. The third kappa shape index (κ3) is 4.29. The lowest BCUT2D eigenvalue weighted by molar-refractivity contribution is -0.138. The normalized spacial score (nSPS) is 19.4. The van der Waals surface area contributed by atoms with E-state index in [1.807, 2.05) is 35.2 Å². The van der Waals surface area contributed by atoms with Crippen LogP contribution in [0.25, 0.3) is 0 Å². The fraction of sp³-hybridized carbons (Fsp3) is 0.393. The van der Waals surface area contributed by atoms with Crippen molar-refractivity contribution < 1.29 is 13.9 Å². The molecule has 5 rings (SSSR count). The summed E-state index contributed by atoms with van der Waals surface area (Å²) in [6.07, 6.45) is 9.69. The van der Waals surface area contributed by atoms with Crippen LogP contribution < -0.4 is 4.74 Å². The third-order valence-corrected chi connectivity index (χ3v) is 7.34. The fourth-order valence-corrected chi connectivity index (χ4v) is 5.63. The molecule has 34 heavy (non-hydrogen) atoms. The molecule has 0 radical (unpaired) electrons. The Kier molecular flexibility index (Phi) is 6.31. The van der Waals surface area contributed by atoms with Gasteiger partial charge in [0, 0.05) is 19.2 Å². The Hall–Kier alpha value is -3.28. The standard InChI is InChI=1S/C28H30FN3O2/c1-34-24-11-9-21(10-12-24)28(13-2-3-14-28)27(33)32-15-5-8-26(32)25-19-30-18-23(31-25)17-20-6-4-7-22(29)16-20/h4,6-7,9-12,16,18-19,26H,2-3,5,8,13-15,17H2,1H3/t26-/m1/s1. The van der Waals surface area contributed by atoms with Crippen molar-refractivity contribution in [2.75, 3.05) is 13.7 Å². The highest BCUT2D eigenvalue weighted by molar-refractivity contribution is 5.89. The Labute approximate surface area is 200 Å². The Bertz CT molecular complexity index is 1160. The van der Waals surface area contributed by atoms with Gasteiger partial charge in [0.25, 0.3) is 0 Å². The second kappa shape index (κ2) is 9.53. The second-order valence-electron chi connectivity index (χ2n) is 9.42. The van der Waals surface area contributed by atoms with E-state index < -0.39 is 5.41 Å². The van der Waals surface area contributed by atoms with Crippen LogP contribution in [0.3, 0.4) is 0 Å². The van der Waals surface area contributed by atoms with E-state index in [0.29, 0.717) is 6.42 Å². The maximum atomic E-state index is 14.1. The summed E-state index contributed by atoms with van der Waals surface area (Å²) in [5, 5.41) is 0. The van der Waals surface area contributed by atoms with Gasteiger partial charge in [0.15, 0.2) is 0 Å². The highest BCUT2D eigenvalue weighted by atomic mass is 19.1. The predicted molar refractivity (Wildman–Crippen MR) is 128 cm³/mol. The molecule has 2 aromatic carbocycles. The summed E-state index contributed by atoms with van der Waals surface area (Å²) in [5.74, 6) is 0.748. The number of ether oxygens (including phenoxy) is 1. The van der Waals surface area contributed by atoms with Crippen molar-refractivity contribution in [3.63, 3.8) is 0 Å². The summed E-state index contributed by atoms with van der Waals surface area (Å²) < 4.78 is 18.9. The number of hydrogen-bond acceptors (Lipinski definition) is 4. The topological polar surface area (TPSA) is 55.3 Å². The van der Waals surface area contributed by atoms with Gasteiger partial charge in [-0.3, -0.25) is 14.8 Å². The van der Waals surface area contributed by atoms with E-state index in [0.717, 1.165) is 73.3 Å². The van der Waals surface area contributed by atoms with E-state index in [1.54, 1.807) is 25.6 Å². The lowest BCUT2D eigenvalue weighted by Crippen LogP contribution is -2.45. The average molecular weight is 460 g/mol. The van der Waals surface area contributed by atoms with Gasteiger partial charge in [0.2, 0.25) is 5.91 Å². The SMILES string of the molecule is COc1ccc(C2(C(=O)N3CCC[C@@H]3c3cncc(Cc4cccc(F)c4)n3)CCCC2)cc1. The van der Waals surface area contributed by atoms with Crippen LogP contribution in [0.4, 0.5) is 4.39 Å². The van der Waals surface area contributed by atoms with Gasteiger partial charge in [0.05, 0.1) is 36.2 Å². The van der Waals surface area contributed by atoms with Crippen molar-refractivity contribution in [2.45, 2.75) is 56.4 Å². The lowest BCUT2D eigenvalue weighted by atomic mass is 9.77. The minimum absolute atomic E-state index is 0.0804. The van der Waals surface area contributed by atoms with Crippen LogP contribution in [-0.4, -0.2) is 34.4 Å². The number of halogens is 1. The summed E-state index contributed by atoms with van der Waals surface area (Å²) in [7, 11) is 1.66. The molecule has 6 heteroatoms. The molecule has 2 heterocycles. The largest absolute Gasteiger partial charge is 0.497 e. The van der Waals surface area contributed by atoms with Gasteiger partial charge in [-0.2, -0.15) is 0 Å². The molecule has 5 nitrogen and oxygen atoms in total. The molecule has 1 aliphatic heterocycles. The van der Waals surface area contributed by atoms with Gasteiger partial charge in [-0.1, -0.05) is 37.1 Å². The maximum absolute atomic E-state index is 14.1. The van der Waals surface area contributed by atoms with Crippen molar-refractivity contribution >= 4 is 5.91 Å². The van der Waals surface area contributed by atoms with Gasteiger partial charge >= 0.3 is 0 Å². The van der Waals surface area contributed by atoms with Crippen molar-refractivity contribution in [1.29, 1.82) is 0 Å². The van der Waals surface area contributed by atoms with Gasteiger partial charge in [0.1, 0.15) is 11.6 Å². The summed E-state index contributed by atoms with van der Waals surface area (Å²) in [5.41, 5.74) is 3.06. The van der Waals surface area contributed by atoms with E-state index in [4.69, 9.17) is 9.72 Å². The number of likely N-dealkylation sites (tertiary alicyclic amines) is 1. The fourth-order valence-electron chi connectivity index (χ4n) is 5.63. The van der Waals surface area contributed by atoms with Crippen molar-refractivity contribution in [3.8, 4) is 5.75 Å². The third-order valence-electron chi connectivity index (χ3n) is 7.34. The highest BCUT2D eigenvalue weighted by Gasteiger charge is 2.47. The van der Waals surface area contributed by atoms with Crippen LogP contribution in [0, 0.1) is 5.82 Å². The summed E-state index contributed by atoms with van der Waals surface area (Å²) >= 11 is 0. The average Bonchev–Trinajstić information content (AvgIpc) is 3.55. The molecule has 0 unspecified atom stereocenters. The molecule has 0 spiro atoms. The van der Waals surface area contributed by atoms with Crippen LogP contribution in [0.2, 0.25) is 0 Å². The molecule has 3 aromatic rings. The Balaban J connectivity index is 1.41. The molecule has 1 saturated carbocycles. The highest BCUT2D eigenvalue weighted by Crippen LogP contribution is 2.45. The molecule has 1 amide bonds. The maximum Gasteiger partial charge on any atom is 0.233 e. The smallest absolute Gasteiger partial charge is 0.233 e. The molecule has 1 saturated heterocycles. The van der Waals surface area contributed by atoms with Crippen LogP contribution in [0.1, 0.15) is 67.1 Å². The van der Waals surface area contributed by atoms with Gasteiger partial charge < -0.3 is 9.64 Å². The summed E-state index contributed by atoms with van der Waals surface area (Å²) in [6, 6.07) is 14.5. The van der Waals surface area contributed by atoms with Crippen LogP contribution in [0.5, 0.6) is 5.75 Å². The van der Waals surface area contributed by atoms with E-state index >= 15 is 0 Å². The van der Waals surface area contributed by atoms with E-state index in [-0.39, 0.29) is 17.8 Å². The number of amides is 1. The number of methoxy groups -OCH3 is 1. The van der Waals surface area contributed by atoms with Crippen molar-refractivity contribution in [1.82, 2.24) is 14.9 Å². The summed E-state index contributed by atoms with van der Waals surface area (Å²) in [4.78, 5) is 25.4. The Morgan fingerprint density at radius 3 is 2.65 bits per heavy atom. The van der Waals surface area contributed by atoms with E-state index in [9.17, 15) is 9.18 Å². The molecule has 176 valence electrons. The quantitative estimate of drug-likeness (QED) is 0.496. The number of aromatic nitrogens is 2. The van der Waals surface area contributed by atoms with E-state index in [1.165, 1.54) is 12.1 Å². The number of hydrogen-bond donors (Lipinski definition) is 0. The molecule has 2 aliphatic rings. The Morgan fingerprint density at radius 2 is 1.91 bits per heavy atom. The van der Waals surface area contributed by atoms with Crippen molar-refractivity contribution in [2.24, 2.45) is 0 Å². The zero-order valence-electron chi connectivity index (χ0n) is 19.5. The lowest BCUT2D eigenvalue weighted by Gasteiger charge is -2.36. The number of benzene rings is 2. The van der Waals surface area contributed by atoms with Gasteiger partial charge in [-0.25, -0.2) is 4.39 Å². The second-order valence-corrected chi connectivity index (χ2v) is 9.42. The number of nitrogens with zero attached hydrogens (tertiary/aromatic N) is 3. The van der Waals surface area contributed by atoms with Crippen LogP contribution in [-0.2, 0) is 16.6 Å². The number of rotatable bonds is 6. The number of carbonyl (C=O) groups excluding carboxylic acids is 1. The molecule has 1 aromatic heterocycles.